The lowest BCUT2D eigenvalue weighted by atomic mass is 9.99. The Kier molecular flexibility index (Phi) is 5.43. The first-order valence-electron chi connectivity index (χ1n) is 7.90. The number of aryl methyl sites for hydroxylation is 3. The highest BCUT2D eigenvalue weighted by Gasteiger charge is 2.13. The molecular weight excluding hydrogens is 286 g/mol. The van der Waals surface area contributed by atoms with E-state index in [1.807, 2.05) is 32.0 Å². The summed E-state index contributed by atoms with van der Waals surface area (Å²) >= 11 is 0. The molecule has 0 radical (unpaired) electrons. The molecule has 1 unspecified atom stereocenters. The monoisotopic (exact) mass is 311 g/mol. The highest BCUT2D eigenvalue weighted by atomic mass is 16.5. The van der Waals surface area contributed by atoms with E-state index in [0.717, 1.165) is 16.9 Å². The van der Waals surface area contributed by atoms with E-state index in [1.165, 1.54) is 16.7 Å². The summed E-state index contributed by atoms with van der Waals surface area (Å²) in [7, 11) is 1.65. The summed E-state index contributed by atoms with van der Waals surface area (Å²) in [6.45, 7) is 8.15. The third kappa shape index (κ3) is 4.35. The van der Waals surface area contributed by atoms with Crippen LogP contribution in [-0.2, 0) is 11.2 Å². The summed E-state index contributed by atoms with van der Waals surface area (Å²) in [4.78, 5) is 12.3. The van der Waals surface area contributed by atoms with Crippen LogP contribution in [0.1, 0.15) is 40.8 Å². The Bertz CT molecular complexity index is 707. The van der Waals surface area contributed by atoms with E-state index in [4.69, 9.17) is 4.74 Å². The molecule has 0 fully saturated rings. The maximum absolute atomic E-state index is 12.3. The molecule has 3 heteroatoms. The Morgan fingerprint density at radius 2 is 1.83 bits per heavy atom. The first-order valence-corrected chi connectivity index (χ1v) is 7.90. The number of rotatable bonds is 5. The molecule has 2 aromatic carbocycles. The molecule has 3 nitrogen and oxygen atoms in total. The molecule has 2 rings (SSSR count). The Morgan fingerprint density at radius 3 is 2.48 bits per heavy atom. The highest BCUT2D eigenvalue weighted by Crippen LogP contribution is 2.20. The fraction of sp³-hybridized carbons (Fsp3) is 0.350. The predicted octanol–water partition coefficient (Wildman–Crippen LogP) is 4.04. The number of carbonyl (C=O) groups excluding carboxylic acids is 1. The van der Waals surface area contributed by atoms with Crippen molar-refractivity contribution in [3.05, 3.63) is 64.2 Å². The second-order valence-electron chi connectivity index (χ2n) is 6.13. The first-order chi connectivity index (χ1) is 10.9. The molecule has 0 spiro atoms. The van der Waals surface area contributed by atoms with Gasteiger partial charge in [-0.05, 0) is 56.0 Å². The lowest BCUT2D eigenvalue weighted by molar-refractivity contribution is -0.121. The van der Waals surface area contributed by atoms with E-state index in [9.17, 15) is 4.79 Å². The van der Waals surface area contributed by atoms with Gasteiger partial charge in [-0.2, -0.15) is 0 Å². The van der Waals surface area contributed by atoms with Crippen molar-refractivity contribution in [2.45, 2.75) is 40.2 Å². The third-order valence-electron chi connectivity index (χ3n) is 4.10. The molecule has 0 saturated heterocycles. The minimum atomic E-state index is 0.00162. The zero-order valence-corrected chi connectivity index (χ0v) is 14.6. The zero-order valence-electron chi connectivity index (χ0n) is 14.6. The minimum absolute atomic E-state index is 0.00162. The van der Waals surface area contributed by atoms with Crippen molar-refractivity contribution in [2.24, 2.45) is 0 Å². The van der Waals surface area contributed by atoms with Gasteiger partial charge in [0.1, 0.15) is 5.75 Å². The fourth-order valence-electron chi connectivity index (χ4n) is 2.83. The van der Waals surface area contributed by atoms with Gasteiger partial charge in [-0.15, -0.1) is 0 Å². The average Bonchev–Trinajstić information content (AvgIpc) is 2.49. The number of hydrogen-bond acceptors (Lipinski definition) is 2. The van der Waals surface area contributed by atoms with Gasteiger partial charge in [-0.25, -0.2) is 0 Å². The van der Waals surface area contributed by atoms with Crippen molar-refractivity contribution in [3.8, 4) is 5.75 Å². The quantitative estimate of drug-likeness (QED) is 0.905. The van der Waals surface area contributed by atoms with Crippen molar-refractivity contribution in [1.82, 2.24) is 5.32 Å². The number of benzene rings is 2. The number of ether oxygens (including phenoxy) is 1. The van der Waals surface area contributed by atoms with Gasteiger partial charge in [0.25, 0.3) is 0 Å². The van der Waals surface area contributed by atoms with Crippen molar-refractivity contribution in [1.29, 1.82) is 0 Å². The van der Waals surface area contributed by atoms with Crippen LogP contribution in [0.4, 0.5) is 0 Å². The molecule has 23 heavy (non-hydrogen) atoms. The van der Waals surface area contributed by atoms with Gasteiger partial charge in [0.2, 0.25) is 5.91 Å². The standard InChI is InChI=1S/C20H25NO2/c1-13-6-7-14(2)18(10-13)16(4)21-20(22)12-17-8-9-19(23-5)15(3)11-17/h6-11,16H,12H2,1-5H3,(H,21,22). The highest BCUT2D eigenvalue weighted by molar-refractivity contribution is 5.79. The van der Waals surface area contributed by atoms with E-state index >= 15 is 0 Å². The van der Waals surface area contributed by atoms with Crippen LogP contribution >= 0.6 is 0 Å². The van der Waals surface area contributed by atoms with Gasteiger partial charge in [0.15, 0.2) is 0 Å². The minimum Gasteiger partial charge on any atom is -0.496 e. The van der Waals surface area contributed by atoms with E-state index in [-0.39, 0.29) is 11.9 Å². The van der Waals surface area contributed by atoms with E-state index < -0.39 is 0 Å². The molecule has 1 N–H and O–H groups in total. The molecule has 0 bridgehead atoms. The Labute approximate surface area is 138 Å². The molecule has 0 aliphatic rings. The zero-order chi connectivity index (χ0) is 17.0. The smallest absolute Gasteiger partial charge is 0.224 e. The molecule has 0 aliphatic carbocycles. The summed E-state index contributed by atoms with van der Waals surface area (Å²) in [5.41, 5.74) is 5.61. The van der Waals surface area contributed by atoms with Gasteiger partial charge in [0.05, 0.1) is 19.6 Å². The SMILES string of the molecule is COc1ccc(CC(=O)NC(C)c2cc(C)ccc2C)cc1C. The molecular formula is C20H25NO2. The van der Waals surface area contributed by atoms with Gasteiger partial charge >= 0.3 is 0 Å². The third-order valence-corrected chi connectivity index (χ3v) is 4.10. The molecule has 0 aliphatic heterocycles. The Balaban J connectivity index is 2.04. The molecule has 0 saturated carbocycles. The van der Waals surface area contributed by atoms with Crippen molar-refractivity contribution < 1.29 is 9.53 Å². The van der Waals surface area contributed by atoms with Crippen LogP contribution < -0.4 is 10.1 Å². The average molecular weight is 311 g/mol. The summed E-state index contributed by atoms with van der Waals surface area (Å²) < 4.78 is 5.25. The molecule has 1 atom stereocenters. The normalized spacial score (nSPS) is 11.9. The second-order valence-corrected chi connectivity index (χ2v) is 6.13. The molecule has 1 amide bonds. The predicted molar refractivity (Wildman–Crippen MR) is 93.9 cm³/mol. The number of methoxy groups -OCH3 is 1. The fourth-order valence-corrected chi connectivity index (χ4v) is 2.83. The van der Waals surface area contributed by atoms with Gasteiger partial charge in [-0.1, -0.05) is 35.9 Å². The van der Waals surface area contributed by atoms with Gasteiger partial charge in [0, 0.05) is 0 Å². The summed E-state index contributed by atoms with van der Waals surface area (Å²) in [6, 6.07) is 12.2. The lowest BCUT2D eigenvalue weighted by Crippen LogP contribution is -2.28. The molecule has 2 aromatic rings. The number of nitrogens with one attached hydrogen (secondary N) is 1. The van der Waals surface area contributed by atoms with Crippen LogP contribution in [0.5, 0.6) is 5.75 Å². The van der Waals surface area contributed by atoms with Crippen molar-refractivity contribution >= 4 is 5.91 Å². The molecule has 0 aromatic heterocycles. The summed E-state index contributed by atoms with van der Waals surface area (Å²) in [5.74, 6) is 0.876. The number of hydrogen-bond donors (Lipinski definition) is 1. The second kappa shape index (κ2) is 7.32. The largest absolute Gasteiger partial charge is 0.496 e. The van der Waals surface area contributed by atoms with Crippen LogP contribution in [-0.4, -0.2) is 13.0 Å². The Morgan fingerprint density at radius 1 is 1.09 bits per heavy atom. The summed E-state index contributed by atoms with van der Waals surface area (Å²) in [6.07, 6.45) is 0.375. The molecule has 122 valence electrons. The van der Waals surface area contributed by atoms with Crippen LogP contribution in [0, 0.1) is 20.8 Å². The van der Waals surface area contributed by atoms with E-state index in [1.54, 1.807) is 7.11 Å². The Hall–Kier alpha value is -2.29. The lowest BCUT2D eigenvalue weighted by Gasteiger charge is -2.17. The van der Waals surface area contributed by atoms with Crippen molar-refractivity contribution in [3.63, 3.8) is 0 Å². The maximum Gasteiger partial charge on any atom is 0.224 e. The summed E-state index contributed by atoms with van der Waals surface area (Å²) in [5, 5.41) is 3.09. The van der Waals surface area contributed by atoms with Crippen LogP contribution in [0.15, 0.2) is 36.4 Å². The van der Waals surface area contributed by atoms with Crippen LogP contribution in [0.3, 0.4) is 0 Å². The van der Waals surface area contributed by atoms with E-state index in [0.29, 0.717) is 6.42 Å². The van der Waals surface area contributed by atoms with Gasteiger partial charge < -0.3 is 10.1 Å². The van der Waals surface area contributed by atoms with Crippen molar-refractivity contribution in [2.75, 3.05) is 7.11 Å². The van der Waals surface area contributed by atoms with Gasteiger partial charge in [-0.3, -0.25) is 4.79 Å². The van der Waals surface area contributed by atoms with Crippen LogP contribution in [0.2, 0.25) is 0 Å². The topological polar surface area (TPSA) is 38.3 Å². The molecule has 0 heterocycles. The number of carbonyl (C=O) groups is 1. The number of amides is 1. The van der Waals surface area contributed by atoms with E-state index in [2.05, 4.69) is 37.4 Å². The van der Waals surface area contributed by atoms with Crippen LogP contribution in [0.25, 0.3) is 0 Å². The first kappa shape index (κ1) is 17.1. The maximum atomic E-state index is 12.3.